The minimum atomic E-state index is -0.409. The van der Waals surface area contributed by atoms with Gasteiger partial charge in [-0.05, 0) is 20.8 Å². The maximum absolute atomic E-state index is 11.0. The van der Waals surface area contributed by atoms with Crippen LogP contribution in [0.25, 0.3) is 0 Å². The summed E-state index contributed by atoms with van der Waals surface area (Å²) in [6.45, 7) is 5.94. The van der Waals surface area contributed by atoms with Crippen LogP contribution in [0.2, 0.25) is 0 Å². The second-order valence-corrected chi connectivity index (χ2v) is 3.71. The van der Waals surface area contributed by atoms with Crippen molar-refractivity contribution in [3.8, 4) is 5.75 Å². The topological polar surface area (TPSA) is 56.1 Å². The van der Waals surface area contributed by atoms with Crippen molar-refractivity contribution in [3.05, 3.63) is 11.9 Å². The highest BCUT2D eigenvalue weighted by atomic mass is 16.6. The van der Waals surface area contributed by atoms with Crippen LogP contribution >= 0.6 is 0 Å². The fraction of sp³-hybridized carbons (Fsp3) is 0.556. The Morgan fingerprint density at radius 2 is 2.36 bits per heavy atom. The van der Waals surface area contributed by atoms with Gasteiger partial charge in [0.2, 0.25) is 0 Å². The van der Waals surface area contributed by atoms with Gasteiger partial charge < -0.3 is 10.1 Å². The van der Waals surface area contributed by atoms with Crippen LogP contribution in [0.15, 0.2) is 6.20 Å². The predicted octanol–water partition coefficient (Wildman–Crippen LogP) is 1.63. The molecule has 5 heteroatoms. The van der Waals surface area contributed by atoms with E-state index in [1.54, 1.807) is 10.9 Å². The van der Waals surface area contributed by atoms with Gasteiger partial charge in [-0.1, -0.05) is 0 Å². The van der Waals surface area contributed by atoms with E-state index in [2.05, 4.69) is 10.4 Å². The first-order valence-corrected chi connectivity index (χ1v) is 4.65. The molecule has 0 bridgehead atoms. The first-order valence-electron chi connectivity index (χ1n) is 4.65. The molecule has 5 nitrogen and oxygen atoms in total. The Morgan fingerprint density at radius 3 is 3.00 bits per heavy atom. The van der Waals surface area contributed by atoms with E-state index in [4.69, 9.17) is 4.74 Å². The zero-order valence-electron chi connectivity index (χ0n) is 8.44. The number of nitrogens with one attached hydrogen (secondary N) is 1. The van der Waals surface area contributed by atoms with Crippen molar-refractivity contribution in [2.75, 3.05) is 0 Å². The van der Waals surface area contributed by atoms with Crippen molar-refractivity contribution in [1.29, 1.82) is 0 Å². The van der Waals surface area contributed by atoms with Gasteiger partial charge in [0, 0.05) is 6.04 Å². The fourth-order valence-corrected chi connectivity index (χ4v) is 1.41. The number of carbonyl (C=O) groups is 1. The molecule has 0 fully saturated rings. The minimum Gasteiger partial charge on any atom is -0.407 e. The Hall–Kier alpha value is -1.52. The van der Waals surface area contributed by atoms with Gasteiger partial charge >= 0.3 is 6.09 Å². The molecule has 0 radical (unpaired) electrons. The van der Waals surface area contributed by atoms with Crippen molar-refractivity contribution in [2.45, 2.75) is 32.9 Å². The zero-order valence-corrected chi connectivity index (χ0v) is 8.44. The van der Waals surface area contributed by atoms with Crippen molar-refractivity contribution >= 4 is 6.09 Å². The Balaban J connectivity index is 2.40. The van der Waals surface area contributed by atoms with Gasteiger partial charge in [0.05, 0.1) is 12.2 Å². The standard InChI is InChI=1S/C9H13N3O2/c1-5(2)12-4-7-8(11-12)6(3)10-9(13)14-7/h4-6H,1-3H3,(H,10,13). The number of ether oxygens (including phenoxy) is 1. The molecule has 76 valence electrons. The lowest BCUT2D eigenvalue weighted by Gasteiger charge is -2.17. The summed E-state index contributed by atoms with van der Waals surface area (Å²) in [5.74, 6) is 0.565. The van der Waals surface area contributed by atoms with Crippen molar-refractivity contribution in [1.82, 2.24) is 15.1 Å². The number of nitrogens with zero attached hydrogens (tertiary/aromatic N) is 2. The van der Waals surface area contributed by atoms with Crippen molar-refractivity contribution in [3.63, 3.8) is 0 Å². The number of aromatic nitrogens is 2. The van der Waals surface area contributed by atoms with Crippen molar-refractivity contribution in [2.24, 2.45) is 0 Å². The van der Waals surface area contributed by atoms with Crippen LogP contribution in [-0.2, 0) is 0 Å². The number of carbonyl (C=O) groups excluding carboxylic acids is 1. The molecular weight excluding hydrogens is 182 g/mol. The lowest BCUT2D eigenvalue weighted by Crippen LogP contribution is -2.34. The number of hydrogen-bond acceptors (Lipinski definition) is 3. The van der Waals surface area contributed by atoms with Gasteiger partial charge in [-0.25, -0.2) is 4.79 Å². The third-order valence-corrected chi connectivity index (χ3v) is 2.20. The zero-order chi connectivity index (χ0) is 10.3. The molecule has 2 rings (SSSR count). The quantitative estimate of drug-likeness (QED) is 0.740. The molecule has 1 aliphatic rings. The molecule has 1 amide bonds. The molecule has 1 aromatic rings. The summed E-state index contributed by atoms with van der Waals surface area (Å²) in [5.41, 5.74) is 0.790. The molecule has 14 heavy (non-hydrogen) atoms. The second-order valence-electron chi connectivity index (χ2n) is 3.71. The lowest BCUT2D eigenvalue weighted by atomic mass is 10.2. The molecule has 0 saturated heterocycles. The summed E-state index contributed by atoms with van der Waals surface area (Å²) in [4.78, 5) is 11.0. The van der Waals surface area contributed by atoms with E-state index < -0.39 is 6.09 Å². The molecule has 1 atom stereocenters. The first kappa shape index (κ1) is 9.05. The van der Waals surface area contributed by atoms with Crippen LogP contribution in [0.3, 0.4) is 0 Å². The molecule has 0 aliphatic carbocycles. The smallest absolute Gasteiger partial charge is 0.407 e. The summed E-state index contributed by atoms with van der Waals surface area (Å²) in [6.07, 6.45) is 1.35. The summed E-state index contributed by atoms with van der Waals surface area (Å²) < 4.78 is 6.79. The van der Waals surface area contributed by atoms with Gasteiger partial charge in [-0.15, -0.1) is 0 Å². The monoisotopic (exact) mass is 195 g/mol. The molecule has 2 heterocycles. The van der Waals surface area contributed by atoms with E-state index in [9.17, 15) is 4.79 Å². The minimum absolute atomic E-state index is 0.0775. The summed E-state index contributed by atoms with van der Waals surface area (Å²) in [6, 6.07) is 0.192. The Bertz CT molecular complexity index is 370. The van der Waals surface area contributed by atoms with E-state index in [-0.39, 0.29) is 12.1 Å². The molecular formula is C9H13N3O2. The third-order valence-electron chi connectivity index (χ3n) is 2.20. The number of rotatable bonds is 1. The summed E-state index contributed by atoms with van der Waals surface area (Å²) in [7, 11) is 0. The number of hydrogen-bond donors (Lipinski definition) is 1. The van der Waals surface area contributed by atoms with E-state index >= 15 is 0 Å². The Morgan fingerprint density at radius 1 is 1.64 bits per heavy atom. The SMILES string of the molecule is CC1NC(=O)Oc2cn(C(C)C)nc21. The fourth-order valence-electron chi connectivity index (χ4n) is 1.41. The normalized spacial score (nSPS) is 20.3. The molecule has 0 aromatic carbocycles. The van der Waals surface area contributed by atoms with E-state index in [1.807, 2.05) is 20.8 Å². The van der Waals surface area contributed by atoms with Crippen LogP contribution in [0.5, 0.6) is 5.75 Å². The molecule has 0 spiro atoms. The average Bonchev–Trinajstić information content (AvgIpc) is 2.47. The van der Waals surface area contributed by atoms with E-state index in [1.165, 1.54) is 0 Å². The molecule has 1 aromatic heterocycles. The van der Waals surface area contributed by atoms with Gasteiger partial charge in [0.1, 0.15) is 5.69 Å². The second kappa shape index (κ2) is 3.01. The molecule has 1 N–H and O–H groups in total. The van der Waals surface area contributed by atoms with Crippen LogP contribution in [0.1, 0.15) is 38.5 Å². The maximum Gasteiger partial charge on any atom is 0.413 e. The first-order chi connectivity index (χ1) is 6.58. The molecule has 1 unspecified atom stereocenters. The summed E-state index contributed by atoms with van der Waals surface area (Å²) in [5, 5.41) is 6.99. The lowest BCUT2D eigenvalue weighted by molar-refractivity contribution is 0.189. The van der Waals surface area contributed by atoms with Crippen LogP contribution in [0, 0.1) is 0 Å². The Kier molecular flexibility index (Phi) is 1.94. The highest BCUT2D eigenvalue weighted by Crippen LogP contribution is 2.28. The van der Waals surface area contributed by atoms with Gasteiger partial charge in [0.25, 0.3) is 0 Å². The van der Waals surface area contributed by atoms with E-state index in [0.717, 1.165) is 5.69 Å². The van der Waals surface area contributed by atoms with E-state index in [0.29, 0.717) is 5.75 Å². The largest absolute Gasteiger partial charge is 0.413 e. The number of fused-ring (bicyclic) bond motifs is 1. The average molecular weight is 195 g/mol. The van der Waals surface area contributed by atoms with Crippen LogP contribution < -0.4 is 10.1 Å². The predicted molar refractivity (Wildman–Crippen MR) is 50.2 cm³/mol. The van der Waals surface area contributed by atoms with Gasteiger partial charge in [-0.3, -0.25) is 4.68 Å². The Labute approximate surface area is 82.0 Å². The maximum atomic E-state index is 11.0. The third kappa shape index (κ3) is 1.34. The number of amides is 1. The van der Waals surface area contributed by atoms with Crippen LogP contribution in [0.4, 0.5) is 4.79 Å². The van der Waals surface area contributed by atoms with Gasteiger partial charge in [0.15, 0.2) is 5.75 Å². The highest BCUT2D eigenvalue weighted by molar-refractivity contribution is 5.73. The highest BCUT2D eigenvalue weighted by Gasteiger charge is 2.26. The van der Waals surface area contributed by atoms with Gasteiger partial charge in [-0.2, -0.15) is 5.10 Å². The summed E-state index contributed by atoms with van der Waals surface area (Å²) >= 11 is 0. The van der Waals surface area contributed by atoms with Crippen molar-refractivity contribution < 1.29 is 9.53 Å². The molecule has 0 saturated carbocycles. The molecule has 1 aliphatic heterocycles. The van der Waals surface area contributed by atoms with Crippen LogP contribution in [-0.4, -0.2) is 15.9 Å².